The third-order valence-corrected chi connectivity index (χ3v) is 4.98. The van der Waals surface area contributed by atoms with Gasteiger partial charge in [-0.15, -0.1) is 0 Å². The van der Waals surface area contributed by atoms with Crippen molar-refractivity contribution in [3.63, 3.8) is 0 Å². The molecule has 138 valence electrons. The van der Waals surface area contributed by atoms with Crippen LogP contribution < -0.4 is 10.1 Å². The number of methoxy groups -OCH3 is 1. The second kappa shape index (κ2) is 8.81. The molecule has 0 amide bonds. The van der Waals surface area contributed by atoms with Gasteiger partial charge in [-0.3, -0.25) is 9.78 Å². The van der Waals surface area contributed by atoms with Gasteiger partial charge in [-0.1, -0.05) is 31.0 Å². The van der Waals surface area contributed by atoms with Gasteiger partial charge in [-0.05, 0) is 42.7 Å². The van der Waals surface area contributed by atoms with Crippen LogP contribution in [0.1, 0.15) is 36.9 Å². The molecule has 1 aromatic carbocycles. The molecule has 2 aromatic rings. The monoisotopic (exact) mass is 354 g/mol. The highest BCUT2D eigenvalue weighted by Crippen LogP contribution is 2.38. The number of esters is 1. The van der Waals surface area contributed by atoms with Gasteiger partial charge in [0.15, 0.2) is 0 Å². The molecule has 1 fully saturated rings. The van der Waals surface area contributed by atoms with Crippen LogP contribution in [0.15, 0.2) is 48.7 Å². The molecule has 1 saturated carbocycles. The number of hydrogen-bond donors (Lipinski definition) is 1. The zero-order valence-corrected chi connectivity index (χ0v) is 15.2. The minimum Gasteiger partial charge on any atom is -0.487 e. The first-order valence-corrected chi connectivity index (χ1v) is 9.13. The second-order valence-corrected chi connectivity index (χ2v) is 6.84. The fraction of sp³-hybridized carbons (Fsp3) is 0.429. The van der Waals surface area contributed by atoms with Gasteiger partial charge in [0.05, 0.1) is 18.2 Å². The lowest BCUT2D eigenvalue weighted by atomic mass is 9.86. The molecule has 26 heavy (non-hydrogen) atoms. The predicted molar refractivity (Wildman–Crippen MR) is 99.6 cm³/mol. The van der Waals surface area contributed by atoms with Crippen LogP contribution in [-0.4, -0.2) is 24.6 Å². The van der Waals surface area contributed by atoms with Crippen molar-refractivity contribution in [1.29, 1.82) is 0 Å². The van der Waals surface area contributed by atoms with Crippen molar-refractivity contribution in [2.24, 2.45) is 5.41 Å². The number of pyridine rings is 1. The highest BCUT2D eigenvalue weighted by molar-refractivity contribution is 5.77. The minimum atomic E-state index is -0.359. The average molecular weight is 354 g/mol. The maximum atomic E-state index is 12.2. The fourth-order valence-corrected chi connectivity index (χ4v) is 3.55. The second-order valence-electron chi connectivity index (χ2n) is 6.84. The zero-order valence-electron chi connectivity index (χ0n) is 15.2. The number of carbonyl (C=O) groups is 1. The average Bonchev–Trinajstić information content (AvgIpc) is 3.17. The van der Waals surface area contributed by atoms with Crippen LogP contribution in [-0.2, 0) is 22.7 Å². The molecule has 1 aliphatic carbocycles. The molecule has 0 spiro atoms. The van der Waals surface area contributed by atoms with Crippen LogP contribution in [0.25, 0.3) is 0 Å². The van der Waals surface area contributed by atoms with Crippen molar-refractivity contribution in [3.8, 4) is 5.75 Å². The van der Waals surface area contributed by atoms with Crippen molar-refractivity contribution in [2.75, 3.05) is 13.7 Å². The normalized spacial score (nSPS) is 15.6. The number of benzene rings is 1. The molecule has 5 nitrogen and oxygen atoms in total. The SMILES string of the molecule is COC(=O)C1(CNCc2cccc(OCc3ccccn3)c2)CCCC1. The molecular weight excluding hydrogens is 328 g/mol. The largest absolute Gasteiger partial charge is 0.487 e. The highest BCUT2D eigenvalue weighted by Gasteiger charge is 2.41. The Morgan fingerprint density at radius 2 is 2.04 bits per heavy atom. The van der Waals surface area contributed by atoms with Crippen molar-refractivity contribution < 1.29 is 14.3 Å². The maximum Gasteiger partial charge on any atom is 0.313 e. The number of ether oxygens (including phenoxy) is 2. The topological polar surface area (TPSA) is 60.5 Å². The summed E-state index contributed by atoms with van der Waals surface area (Å²) in [5.41, 5.74) is 1.67. The Morgan fingerprint density at radius 3 is 2.77 bits per heavy atom. The lowest BCUT2D eigenvalue weighted by molar-refractivity contribution is -0.152. The van der Waals surface area contributed by atoms with Crippen LogP contribution in [0.4, 0.5) is 0 Å². The van der Waals surface area contributed by atoms with E-state index in [-0.39, 0.29) is 11.4 Å². The Morgan fingerprint density at radius 1 is 1.19 bits per heavy atom. The Kier molecular flexibility index (Phi) is 6.23. The first kappa shape index (κ1) is 18.4. The third kappa shape index (κ3) is 4.61. The van der Waals surface area contributed by atoms with E-state index in [2.05, 4.69) is 16.4 Å². The summed E-state index contributed by atoms with van der Waals surface area (Å²) in [4.78, 5) is 16.4. The number of aromatic nitrogens is 1. The maximum absolute atomic E-state index is 12.2. The van der Waals surface area contributed by atoms with Crippen LogP contribution in [0.2, 0.25) is 0 Å². The summed E-state index contributed by atoms with van der Waals surface area (Å²) in [6.45, 7) is 1.79. The van der Waals surface area contributed by atoms with E-state index in [9.17, 15) is 4.79 Å². The third-order valence-electron chi connectivity index (χ3n) is 4.98. The molecule has 0 saturated heterocycles. The quantitative estimate of drug-likeness (QED) is 0.736. The molecule has 1 N–H and O–H groups in total. The number of rotatable bonds is 8. The molecule has 0 bridgehead atoms. The van der Waals surface area contributed by atoms with E-state index < -0.39 is 0 Å². The lowest BCUT2D eigenvalue weighted by Gasteiger charge is -2.26. The first-order valence-electron chi connectivity index (χ1n) is 9.13. The zero-order chi connectivity index (χ0) is 18.2. The predicted octanol–water partition coefficient (Wildman–Crippen LogP) is 3.48. The van der Waals surface area contributed by atoms with Crippen molar-refractivity contribution >= 4 is 5.97 Å². The van der Waals surface area contributed by atoms with E-state index in [1.54, 1.807) is 6.20 Å². The van der Waals surface area contributed by atoms with E-state index in [1.807, 2.05) is 36.4 Å². The smallest absolute Gasteiger partial charge is 0.313 e. The van der Waals surface area contributed by atoms with Crippen LogP contribution >= 0.6 is 0 Å². The van der Waals surface area contributed by atoms with Gasteiger partial charge >= 0.3 is 5.97 Å². The van der Waals surface area contributed by atoms with E-state index in [4.69, 9.17) is 9.47 Å². The molecule has 1 heterocycles. The minimum absolute atomic E-state index is 0.0880. The Hall–Kier alpha value is -2.40. The number of nitrogens with one attached hydrogen (secondary N) is 1. The Labute approximate surface area is 154 Å². The summed E-state index contributed by atoms with van der Waals surface area (Å²) in [5.74, 6) is 0.730. The standard InChI is InChI=1S/C21H26N2O3/c1-25-20(24)21(10-3-4-11-21)16-22-14-17-7-6-9-19(13-17)26-15-18-8-2-5-12-23-18/h2,5-9,12-13,22H,3-4,10-11,14-16H2,1H3. The molecule has 0 aliphatic heterocycles. The van der Waals surface area contributed by atoms with E-state index in [0.29, 0.717) is 19.7 Å². The van der Waals surface area contributed by atoms with Crippen LogP contribution in [0.3, 0.4) is 0 Å². The van der Waals surface area contributed by atoms with Crippen molar-refractivity contribution in [3.05, 3.63) is 59.9 Å². The summed E-state index contributed by atoms with van der Waals surface area (Å²) in [6.07, 6.45) is 5.75. The fourth-order valence-electron chi connectivity index (χ4n) is 3.55. The molecular formula is C21H26N2O3. The summed E-state index contributed by atoms with van der Waals surface area (Å²) in [5, 5.41) is 3.43. The highest BCUT2D eigenvalue weighted by atomic mass is 16.5. The molecule has 1 aliphatic rings. The molecule has 3 rings (SSSR count). The number of hydrogen-bond acceptors (Lipinski definition) is 5. The Balaban J connectivity index is 1.53. The van der Waals surface area contributed by atoms with Gasteiger partial charge in [0, 0.05) is 19.3 Å². The molecule has 0 radical (unpaired) electrons. The van der Waals surface area contributed by atoms with Gasteiger partial charge in [0.25, 0.3) is 0 Å². The van der Waals surface area contributed by atoms with E-state index in [1.165, 1.54) is 7.11 Å². The lowest BCUT2D eigenvalue weighted by Crippen LogP contribution is -2.39. The summed E-state index contributed by atoms with van der Waals surface area (Å²) >= 11 is 0. The van der Waals surface area contributed by atoms with E-state index >= 15 is 0 Å². The van der Waals surface area contributed by atoms with Crippen LogP contribution in [0, 0.1) is 5.41 Å². The summed E-state index contributed by atoms with van der Waals surface area (Å²) in [7, 11) is 1.48. The Bertz CT molecular complexity index is 712. The van der Waals surface area contributed by atoms with Gasteiger partial charge in [-0.25, -0.2) is 0 Å². The molecule has 1 aromatic heterocycles. The molecule has 0 atom stereocenters. The summed E-state index contributed by atoms with van der Waals surface area (Å²) < 4.78 is 10.9. The van der Waals surface area contributed by atoms with Crippen molar-refractivity contribution in [2.45, 2.75) is 38.8 Å². The van der Waals surface area contributed by atoms with Crippen LogP contribution in [0.5, 0.6) is 5.75 Å². The summed E-state index contributed by atoms with van der Waals surface area (Å²) in [6, 6.07) is 13.8. The number of nitrogens with zero attached hydrogens (tertiary/aromatic N) is 1. The molecule has 5 heteroatoms. The first-order chi connectivity index (χ1) is 12.7. The van der Waals surface area contributed by atoms with Gasteiger partial charge in [-0.2, -0.15) is 0 Å². The van der Waals surface area contributed by atoms with E-state index in [0.717, 1.165) is 42.7 Å². The van der Waals surface area contributed by atoms with Gasteiger partial charge < -0.3 is 14.8 Å². The number of carbonyl (C=O) groups excluding carboxylic acids is 1. The molecule has 0 unspecified atom stereocenters. The van der Waals surface area contributed by atoms with Crippen molar-refractivity contribution in [1.82, 2.24) is 10.3 Å². The van der Waals surface area contributed by atoms with Gasteiger partial charge in [0.1, 0.15) is 12.4 Å². The van der Waals surface area contributed by atoms with Gasteiger partial charge in [0.2, 0.25) is 0 Å².